The Hall–Kier alpha value is -7.02. The number of nitrogens with one attached hydrogen (secondary N) is 1. The van der Waals surface area contributed by atoms with Crippen LogP contribution in [0.4, 0.5) is 17.1 Å². The van der Waals surface area contributed by atoms with E-state index in [1.54, 1.807) is 0 Å². The van der Waals surface area contributed by atoms with Crippen molar-refractivity contribution in [2.45, 2.75) is 9.79 Å². The number of imidazole rings is 1. The average Bonchev–Trinajstić information content (AvgIpc) is 3.92. The number of fused-ring (bicyclic) bond motifs is 9. The van der Waals surface area contributed by atoms with Gasteiger partial charge in [-0.15, -0.1) is 0 Å². The van der Waals surface area contributed by atoms with Gasteiger partial charge in [-0.25, -0.2) is 4.98 Å². The molecule has 0 unspecified atom stereocenters. The first-order chi connectivity index (χ1) is 27.3. The predicted octanol–water partition coefficient (Wildman–Crippen LogP) is 13.4. The molecule has 0 saturated heterocycles. The van der Waals surface area contributed by atoms with Crippen molar-refractivity contribution in [3.8, 4) is 22.8 Å². The molecule has 55 heavy (non-hydrogen) atoms. The average molecular weight is 722 g/mol. The Morgan fingerprint density at radius 1 is 0.418 bits per heavy atom. The van der Waals surface area contributed by atoms with Crippen LogP contribution >= 0.6 is 11.8 Å². The van der Waals surface area contributed by atoms with E-state index < -0.39 is 0 Å². The number of aromatic nitrogens is 4. The molecule has 0 atom stereocenters. The van der Waals surface area contributed by atoms with Crippen LogP contribution in [0.25, 0.3) is 77.4 Å². The molecule has 0 fully saturated rings. The van der Waals surface area contributed by atoms with Crippen LogP contribution in [0.2, 0.25) is 0 Å². The number of hydrogen-bond donors (Lipinski definition) is 1. The number of benzene rings is 8. The number of rotatable bonds is 4. The predicted molar refractivity (Wildman–Crippen MR) is 229 cm³/mol. The highest BCUT2D eigenvalue weighted by molar-refractivity contribution is 7.99. The van der Waals surface area contributed by atoms with Crippen LogP contribution in [0.3, 0.4) is 0 Å². The van der Waals surface area contributed by atoms with Crippen molar-refractivity contribution >= 4 is 83.5 Å². The molecule has 4 heterocycles. The molecule has 11 aromatic rings. The summed E-state index contributed by atoms with van der Waals surface area (Å²) in [5.41, 5.74) is 13.5. The topological polar surface area (TPSA) is 41.8 Å². The smallest absolute Gasteiger partial charge is 0.138 e. The number of H-pyrrole nitrogens is 1. The van der Waals surface area contributed by atoms with Gasteiger partial charge in [0.2, 0.25) is 0 Å². The third kappa shape index (κ3) is 4.59. The summed E-state index contributed by atoms with van der Waals surface area (Å²) in [5.74, 6) is 0.857. The highest BCUT2D eigenvalue weighted by Gasteiger charge is 2.27. The van der Waals surface area contributed by atoms with Crippen molar-refractivity contribution in [3.05, 3.63) is 182 Å². The van der Waals surface area contributed by atoms with Gasteiger partial charge in [-0.1, -0.05) is 96.7 Å². The van der Waals surface area contributed by atoms with Gasteiger partial charge in [-0.3, -0.25) is 0 Å². The van der Waals surface area contributed by atoms with Crippen LogP contribution in [0, 0.1) is 0 Å². The summed E-state index contributed by atoms with van der Waals surface area (Å²) in [7, 11) is 0. The molecule has 6 heteroatoms. The maximum absolute atomic E-state index is 5.19. The van der Waals surface area contributed by atoms with Gasteiger partial charge >= 0.3 is 0 Å². The first kappa shape index (κ1) is 30.4. The lowest BCUT2D eigenvalue weighted by Gasteiger charge is -2.33. The largest absolute Gasteiger partial charge is 0.338 e. The first-order valence-corrected chi connectivity index (χ1v) is 19.4. The number of para-hydroxylation sites is 5. The van der Waals surface area contributed by atoms with Crippen molar-refractivity contribution in [2.24, 2.45) is 0 Å². The van der Waals surface area contributed by atoms with Gasteiger partial charge in [-0.2, -0.15) is 0 Å². The number of nitrogens with zero attached hydrogens (tertiary/aromatic N) is 4. The molecule has 0 saturated carbocycles. The second kappa shape index (κ2) is 11.7. The van der Waals surface area contributed by atoms with Crippen molar-refractivity contribution in [1.29, 1.82) is 0 Å². The minimum Gasteiger partial charge on any atom is -0.338 e. The quantitative estimate of drug-likeness (QED) is 0.197. The van der Waals surface area contributed by atoms with Gasteiger partial charge in [-0.05, 0) is 97.1 Å². The summed E-state index contributed by atoms with van der Waals surface area (Å²) in [6, 6.07) is 65.5. The van der Waals surface area contributed by atoms with Crippen LogP contribution in [0.1, 0.15) is 0 Å². The van der Waals surface area contributed by atoms with Crippen LogP contribution in [0.15, 0.2) is 192 Å². The minimum absolute atomic E-state index is 0.857. The van der Waals surface area contributed by atoms with Crippen LogP contribution in [-0.4, -0.2) is 19.1 Å². The van der Waals surface area contributed by atoms with E-state index in [0.717, 1.165) is 45.2 Å². The molecule has 0 spiro atoms. The third-order valence-corrected chi connectivity index (χ3v) is 12.1. The van der Waals surface area contributed by atoms with E-state index in [1.165, 1.54) is 59.1 Å². The zero-order valence-corrected chi connectivity index (χ0v) is 30.3. The molecule has 0 amide bonds. The molecule has 258 valence electrons. The number of anilines is 3. The van der Waals surface area contributed by atoms with E-state index in [9.17, 15) is 0 Å². The highest BCUT2D eigenvalue weighted by Crippen LogP contribution is 2.53. The summed E-state index contributed by atoms with van der Waals surface area (Å²) in [6.07, 6.45) is 0. The Labute approximate surface area is 320 Å². The molecule has 0 radical (unpaired) electrons. The minimum atomic E-state index is 0.857. The molecular formula is C49H31N5S. The van der Waals surface area contributed by atoms with E-state index in [-0.39, 0.29) is 0 Å². The van der Waals surface area contributed by atoms with E-state index in [0.29, 0.717) is 0 Å². The lowest BCUT2D eigenvalue weighted by Crippen LogP contribution is -2.14. The summed E-state index contributed by atoms with van der Waals surface area (Å²) in [4.78, 5) is 13.7. The second-order valence-corrected chi connectivity index (χ2v) is 15.2. The van der Waals surface area contributed by atoms with Gasteiger partial charge in [0.25, 0.3) is 0 Å². The molecule has 8 aromatic carbocycles. The van der Waals surface area contributed by atoms with E-state index >= 15 is 0 Å². The number of aromatic amines is 1. The summed E-state index contributed by atoms with van der Waals surface area (Å²) in [5, 5.41) is 4.98. The molecule has 5 nitrogen and oxygen atoms in total. The molecule has 0 bridgehead atoms. The zero-order chi connectivity index (χ0) is 36.0. The normalized spacial score (nSPS) is 12.6. The molecule has 1 aliphatic rings. The van der Waals surface area contributed by atoms with E-state index in [1.807, 2.05) is 11.8 Å². The van der Waals surface area contributed by atoms with Gasteiger partial charge in [0.1, 0.15) is 5.82 Å². The summed E-state index contributed by atoms with van der Waals surface area (Å²) in [6.45, 7) is 0. The van der Waals surface area contributed by atoms with E-state index in [4.69, 9.17) is 4.98 Å². The van der Waals surface area contributed by atoms with Gasteiger partial charge in [0.05, 0.1) is 44.5 Å². The van der Waals surface area contributed by atoms with Crippen molar-refractivity contribution < 1.29 is 0 Å². The Morgan fingerprint density at radius 3 is 1.69 bits per heavy atom. The SMILES string of the molecule is c1ccc(-n2c3ccccc3c3cc(N4c5ccccc5Sc5cc6[nH]c(-c7ccc(-n8c9ccccc9c9ccccc98)cc7)nc6cc54)ccc32)cc1. The zero-order valence-electron chi connectivity index (χ0n) is 29.5. The fourth-order valence-corrected chi connectivity index (χ4v) is 9.68. The highest BCUT2D eigenvalue weighted by atomic mass is 32.2. The summed E-state index contributed by atoms with van der Waals surface area (Å²) < 4.78 is 4.72. The van der Waals surface area contributed by atoms with Crippen LogP contribution in [-0.2, 0) is 0 Å². The lowest BCUT2D eigenvalue weighted by atomic mass is 10.1. The van der Waals surface area contributed by atoms with Gasteiger partial charge in [0.15, 0.2) is 0 Å². The molecule has 1 aliphatic heterocycles. The fraction of sp³-hybridized carbons (Fsp3) is 0. The van der Waals surface area contributed by atoms with Crippen molar-refractivity contribution in [2.75, 3.05) is 4.90 Å². The molecule has 3 aromatic heterocycles. The van der Waals surface area contributed by atoms with Gasteiger partial charge < -0.3 is 19.0 Å². The molecule has 0 aliphatic carbocycles. The molecule has 1 N–H and O–H groups in total. The third-order valence-electron chi connectivity index (χ3n) is 11.0. The first-order valence-electron chi connectivity index (χ1n) is 18.6. The van der Waals surface area contributed by atoms with E-state index in [2.05, 4.69) is 201 Å². The Kier molecular flexibility index (Phi) is 6.50. The summed E-state index contributed by atoms with van der Waals surface area (Å²) >= 11 is 1.81. The van der Waals surface area contributed by atoms with Crippen LogP contribution < -0.4 is 4.90 Å². The Morgan fingerprint density at radius 2 is 0.982 bits per heavy atom. The monoisotopic (exact) mass is 721 g/mol. The van der Waals surface area contributed by atoms with Crippen molar-refractivity contribution in [1.82, 2.24) is 19.1 Å². The second-order valence-electron chi connectivity index (χ2n) is 14.1. The Bertz CT molecular complexity index is 3250. The molecule has 12 rings (SSSR count). The number of hydrogen-bond acceptors (Lipinski definition) is 3. The fourth-order valence-electron chi connectivity index (χ4n) is 8.60. The maximum atomic E-state index is 5.19. The van der Waals surface area contributed by atoms with Gasteiger partial charge in [0, 0.05) is 54.0 Å². The maximum Gasteiger partial charge on any atom is 0.138 e. The Balaban J connectivity index is 0.973. The van der Waals surface area contributed by atoms with Crippen LogP contribution in [0.5, 0.6) is 0 Å². The van der Waals surface area contributed by atoms with Crippen molar-refractivity contribution in [3.63, 3.8) is 0 Å². The molecular weight excluding hydrogens is 691 g/mol. The lowest BCUT2D eigenvalue weighted by molar-refractivity contribution is 1.16. The standard InChI is InChI=1S/C49H31N5S/c1-2-12-32(13-3-1)52-43-19-9-6-16-37(43)38-28-34(26-27-44(38)52)54-45-20-10-11-21-47(45)55-48-30-40-39(29-46(48)54)50-49(51-40)31-22-24-33(25-23-31)53-41-17-7-4-14-35(41)36-15-5-8-18-42(36)53/h1-30H,(H,50,51).